The van der Waals surface area contributed by atoms with Crippen molar-refractivity contribution in [1.29, 1.82) is 5.26 Å². The van der Waals surface area contributed by atoms with Crippen molar-refractivity contribution in [3.8, 4) is 23.4 Å². The summed E-state index contributed by atoms with van der Waals surface area (Å²) in [6, 6.07) is 21.2. The lowest BCUT2D eigenvalue weighted by atomic mass is 10.2. The van der Waals surface area contributed by atoms with Crippen LogP contribution in [0.25, 0.3) is 0 Å². The minimum atomic E-state index is -1.61. The molecule has 4 rings (SSSR count). The molecule has 0 aliphatic carbocycles. The minimum Gasteiger partial charge on any atom is -0.485 e. The molecular formula is C27H17F3N2O4S. The normalized spacial score (nSPS) is 10.5. The van der Waals surface area contributed by atoms with E-state index in [4.69, 9.17) is 14.2 Å². The van der Waals surface area contributed by atoms with Crippen molar-refractivity contribution in [3.63, 3.8) is 0 Å². The van der Waals surface area contributed by atoms with E-state index in [0.29, 0.717) is 11.8 Å². The third kappa shape index (κ3) is 5.85. The number of hydrogen-bond donors (Lipinski definition) is 0. The van der Waals surface area contributed by atoms with Crippen LogP contribution in [0.3, 0.4) is 0 Å². The molecular weight excluding hydrogens is 505 g/mol. The number of esters is 1. The van der Waals surface area contributed by atoms with Crippen LogP contribution in [0.15, 0.2) is 82.6 Å². The van der Waals surface area contributed by atoms with Gasteiger partial charge in [0.1, 0.15) is 6.61 Å². The van der Waals surface area contributed by atoms with Crippen LogP contribution in [0.2, 0.25) is 0 Å². The molecule has 0 fully saturated rings. The van der Waals surface area contributed by atoms with Crippen LogP contribution in [0.4, 0.5) is 13.2 Å². The molecule has 0 aliphatic heterocycles. The smallest absolute Gasteiger partial charge is 0.339 e. The highest BCUT2D eigenvalue weighted by Gasteiger charge is 2.25. The van der Waals surface area contributed by atoms with Crippen LogP contribution < -0.4 is 9.47 Å². The SMILES string of the molecule is COC(=O)c1ccccc1Sc1c(F)c(F)nc(Oc2cc(C#N)ccc2OCc2ccccc2)c1F. The molecule has 10 heteroatoms. The summed E-state index contributed by atoms with van der Waals surface area (Å²) in [5.41, 5.74) is 1.02. The summed E-state index contributed by atoms with van der Waals surface area (Å²) in [4.78, 5) is 14.7. The van der Waals surface area contributed by atoms with Gasteiger partial charge in [-0.15, -0.1) is 0 Å². The van der Waals surface area contributed by atoms with E-state index in [1.165, 1.54) is 30.3 Å². The number of pyridine rings is 1. The maximum absolute atomic E-state index is 15.4. The fourth-order valence-corrected chi connectivity index (χ4v) is 4.17. The lowest BCUT2D eigenvalue weighted by molar-refractivity contribution is 0.0596. The van der Waals surface area contributed by atoms with Gasteiger partial charge in [-0.1, -0.05) is 54.2 Å². The zero-order valence-electron chi connectivity index (χ0n) is 19.2. The standard InChI is InChI=1S/C27H17F3N2O4S/c1-34-27(33)18-9-5-6-10-21(18)37-24-22(28)25(30)32-26(23(24)29)36-20-13-17(14-31)11-12-19(20)35-15-16-7-3-2-4-8-16/h2-13H,15H2,1H3. The van der Waals surface area contributed by atoms with Gasteiger partial charge in [0.2, 0.25) is 5.82 Å². The zero-order chi connectivity index (χ0) is 26.4. The number of hydrogen-bond acceptors (Lipinski definition) is 7. The molecule has 0 radical (unpaired) electrons. The topological polar surface area (TPSA) is 81.4 Å². The van der Waals surface area contributed by atoms with E-state index >= 15 is 4.39 Å². The lowest BCUT2D eigenvalue weighted by Crippen LogP contribution is -2.05. The molecule has 186 valence electrons. The molecule has 0 atom stereocenters. The lowest BCUT2D eigenvalue weighted by Gasteiger charge is -2.15. The predicted octanol–water partition coefficient (Wildman–Crippen LogP) is 6.68. The van der Waals surface area contributed by atoms with Crippen LogP contribution in [0.5, 0.6) is 17.4 Å². The molecule has 6 nitrogen and oxygen atoms in total. The van der Waals surface area contributed by atoms with Gasteiger partial charge in [-0.25, -0.2) is 9.18 Å². The fourth-order valence-electron chi connectivity index (χ4n) is 3.19. The highest BCUT2D eigenvalue weighted by atomic mass is 32.2. The Hall–Kier alpha value is -4.49. The second-order valence-electron chi connectivity index (χ2n) is 7.40. The minimum absolute atomic E-state index is 0.0341. The molecule has 0 N–H and O–H groups in total. The summed E-state index contributed by atoms with van der Waals surface area (Å²) in [6.45, 7) is 0.127. The first-order chi connectivity index (χ1) is 17.9. The predicted molar refractivity (Wildman–Crippen MR) is 128 cm³/mol. The molecule has 0 spiro atoms. The molecule has 1 aromatic heterocycles. The molecule has 0 saturated carbocycles. The average molecular weight is 523 g/mol. The first-order valence-electron chi connectivity index (χ1n) is 10.7. The first-order valence-corrected chi connectivity index (χ1v) is 11.5. The van der Waals surface area contributed by atoms with E-state index in [2.05, 4.69) is 4.98 Å². The molecule has 0 saturated heterocycles. The van der Waals surface area contributed by atoms with E-state index in [1.807, 2.05) is 36.4 Å². The van der Waals surface area contributed by atoms with Gasteiger partial charge in [0.25, 0.3) is 11.8 Å². The average Bonchev–Trinajstić information content (AvgIpc) is 2.93. The number of benzene rings is 3. The quantitative estimate of drug-likeness (QED) is 0.189. The number of carbonyl (C=O) groups is 1. The van der Waals surface area contributed by atoms with E-state index < -0.39 is 34.3 Å². The van der Waals surface area contributed by atoms with Crippen LogP contribution in [-0.4, -0.2) is 18.1 Å². The molecule has 3 aromatic carbocycles. The van der Waals surface area contributed by atoms with Gasteiger partial charge in [0.15, 0.2) is 17.3 Å². The van der Waals surface area contributed by atoms with Crippen molar-refractivity contribution in [2.75, 3.05) is 7.11 Å². The van der Waals surface area contributed by atoms with Gasteiger partial charge in [-0.05, 0) is 29.8 Å². The number of aromatic nitrogens is 1. The Labute approximate surface area is 214 Å². The van der Waals surface area contributed by atoms with E-state index in [-0.39, 0.29) is 34.1 Å². The van der Waals surface area contributed by atoms with Crippen LogP contribution in [0.1, 0.15) is 21.5 Å². The summed E-state index contributed by atoms with van der Waals surface area (Å²) >= 11 is 0.475. The Morgan fingerprint density at radius 1 is 0.973 bits per heavy atom. The molecule has 0 bridgehead atoms. The third-order valence-corrected chi connectivity index (χ3v) is 6.13. The molecule has 4 aromatic rings. The van der Waals surface area contributed by atoms with Gasteiger partial charge in [-0.3, -0.25) is 0 Å². The van der Waals surface area contributed by atoms with Crippen molar-refractivity contribution < 1.29 is 32.2 Å². The Kier molecular flexibility index (Phi) is 7.95. The molecule has 0 aliphatic rings. The maximum atomic E-state index is 15.4. The van der Waals surface area contributed by atoms with Crippen molar-refractivity contribution >= 4 is 17.7 Å². The van der Waals surface area contributed by atoms with Gasteiger partial charge in [0, 0.05) is 11.0 Å². The summed E-state index contributed by atoms with van der Waals surface area (Å²) in [5.74, 6) is -6.09. The third-order valence-electron chi connectivity index (χ3n) is 4.99. The summed E-state index contributed by atoms with van der Waals surface area (Å²) < 4.78 is 60.5. The van der Waals surface area contributed by atoms with Crippen molar-refractivity contribution in [3.05, 3.63) is 107 Å². The van der Waals surface area contributed by atoms with Crippen LogP contribution in [0, 0.1) is 28.9 Å². The number of halogens is 3. The van der Waals surface area contributed by atoms with E-state index in [9.17, 15) is 18.8 Å². The maximum Gasteiger partial charge on any atom is 0.339 e. The Morgan fingerprint density at radius 2 is 1.70 bits per heavy atom. The van der Waals surface area contributed by atoms with Crippen LogP contribution in [-0.2, 0) is 11.3 Å². The van der Waals surface area contributed by atoms with Gasteiger partial charge < -0.3 is 14.2 Å². The summed E-state index contributed by atoms with van der Waals surface area (Å²) in [6.07, 6.45) is 0. The van der Waals surface area contributed by atoms with Gasteiger partial charge >= 0.3 is 5.97 Å². The number of ether oxygens (including phenoxy) is 3. The highest BCUT2D eigenvalue weighted by Crippen LogP contribution is 2.40. The van der Waals surface area contributed by atoms with Gasteiger partial charge in [-0.2, -0.15) is 19.0 Å². The summed E-state index contributed by atoms with van der Waals surface area (Å²) in [7, 11) is 1.16. The number of carbonyl (C=O) groups excluding carboxylic acids is 1. The number of nitrogens with zero attached hydrogens (tertiary/aromatic N) is 2. The van der Waals surface area contributed by atoms with Crippen molar-refractivity contribution in [2.45, 2.75) is 16.4 Å². The highest BCUT2D eigenvalue weighted by molar-refractivity contribution is 7.99. The second kappa shape index (κ2) is 11.5. The fraction of sp³-hybridized carbons (Fsp3) is 0.0741. The number of rotatable bonds is 8. The second-order valence-corrected chi connectivity index (χ2v) is 8.46. The largest absolute Gasteiger partial charge is 0.485 e. The van der Waals surface area contributed by atoms with Crippen molar-refractivity contribution in [2.24, 2.45) is 0 Å². The molecule has 1 heterocycles. The van der Waals surface area contributed by atoms with Crippen LogP contribution >= 0.6 is 11.8 Å². The van der Waals surface area contributed by atoms with E-state index in [0.717, 1.165) is 12.7 Å². The molecule has 0 amide bonds. The Balaban J connectivity index is 1.70. The first kappa shape index (κ1) is 25.6. The number of methoxy groups -OCH3 is 1. The molecule has 0 unspecified atom stereocenters. The Bertz CT molecular complexity index is 1490. The Morgan fingerprint density at radius 3 is 2.43 bits per heavy atom. The molecule has 37 heavy (non-hydrogen) atoms. The van der Waals surface area contributed by atoms with E-state index in [1.54, 1.807) is 12.1 Å². The van der Waals surface area contributed by atoms with Gasteiger partial charge in [0.05, 0.1) is 29.2 Å². The number of nitriles is 1. The monoisotopic (exact) mass is 522 g/mol. The zero-order valence-corrected chi connectivity index (χ0v) is 20.0. The van der Waals surface area contributed by atoms with Crippen molar-refractivity contribution in [1.82, 2.24) is 4.98 Å². The summed E-state index contributed by atoms with van der Waals surface area (Å²) in [5, 5.41) is 9.27.